The summed E-state index contributed by atoms with van der Waals surface area (Å²) in [5, 5.41) is 2.91. The fourth-order valence-corrected chi connectivity index (χ4v) is 3.25. The first kappa shape index (κ1) is 16.6. The van der Waals surface area contributed by atoms with Crippen molar-refractivity contribution in [3.8, 4) is 11.5 Å². The molecule has 0 atom stereocenters. The van der Waals surface area contributed by atoms with Crippen LogP contribution in [0.5, 0.6) is 11.5 Å². The zero-order valence-corrected chi connectivity index (χ0v) is 14.5. The van der Waals surface area contributed by atoms with Gasteiger partial charge in [-0.1, -0.05) is 6.07 Å². The van der Waals surface area contributed by atoms with Gasteiger partial charge in [0.2, 0.25) is 12.7 Å². The van der Waals surface area contributed by atoms with Gasteiger partial charge in [-0.2, -0.15) is 0 Å². The van der Waals surface area contributed by atoms with Gasteiger partial charge in [-0.15, -0.1) is 0 Å². The molecule has 1 amide bonds. The fraction of sp³-hybridized carbons (Fsp3) is 0.389. The quantitative estimate of drug-likeness (QED) is 0.827. The molecule has 0 unspecified atom stereocenters. The number of carbonyl (C=O) groups excluding carboxylic acids is 1. The van der Waals surface area contributed by atoms with Crippen molar-refractivity contribution in [1.29, 1.82) is 0 Å². The smallest absolute Gasteiger partial charge is 0.255 e. The number of hydrogen-bond donors (Lipinski definition) is 2. The van der Waals surface area contributed by atoms with Crippen LogP contribution < -0.4 is 20.3 Å². The summed E-state index contributed by atoms with van der Waals surface area (Å²) >= 11 is 0. The van der Waals surface area contributed by atoms with Gasteiger partial charge in [0, 0.05) is 26.1 Å². The van der Waals surface area contributed by atoms with Crippen molar-refractivity contribution in [3.05, 3.63) is 51.2 Å². The number of aryl methyl sites for hydroxylation is 1. The van der Waals surface area contributed by atoms with Gasteiger partial charge >= 0.3 is 0 Å². The topological polar surface area (TPSA) is 96.6 Å². The molecule has 0 bridgehead atoms. The van der Waals surface area contributed by atoms with E-state index in [1.54, 1.807) is 6.92 Å². The summed E-state index contributed by atoms with van der Waals surface area (Å²) in [7, 11) is 0. The fourth-order valence-electron chi connectivity index (χ4n) is 3.25. The van der Waals surface area contributed by atoms with Crippen molar-refractivity contribution < 1.29 is 14.3 Å². The molecule has 4 rings (SSSR count). The minimum absolute atomic E-state index is 0.0809. The number of aromatic nitrogens is 2. The first-order chi connectivity index (χ1) is 12.6. The van der Waals surface area contributed by atoms with E-state index >= 15 is 0 Å². The van der Waals surface area contributed by atoms with Crippen molar-refractivity contribution in [2.24, 2.45) is 0 Å². The molecule has 0 saturated carbocycles. The third kappa shape index (κ3) is 3.41. The Morgan fingerprint density at radius 2 is 2.19 bits per heavy atom. The number of benzene rings is 1. The normalized spacial score (nSPS) is 15.6. The summed E-state index contributed by atoms with van der Waals surface area (Å²) in [4.78, 5) is 33.4. The average Bonchev–Trinajstić information content (AvgIpc) is 3.08. The minimum Gasteiger partial charge on any atom is -0.454 e. The van der Waals surface area contributed by atoms with E-state index in [9.17, 15) is 9.59 Å². The summed E-state index contributed by atoms with van der Waals surface area (Å²) < 4.78 is 10.6. The Kier molecular flexibility index (Phi) is 4.34. The predicted octanol–water partition coefficient (Wildman–Crippen LogP) is 0.482. The zero-order valence-electron chi connectivity index (χ0n) is 14.5. The number of nitrogens with zero attached hydrogens (tertiary/aromatic N) is 2. The minimum atomic E-state index is -0.113. The van der Waals surface area contributed by atoms with Crippen molar-refractivity contribution >= 4 is 5.91 Å². The highest BCUT2D eigenvalue weighted by Crippen LogP contribution is 2.32. The molecule has 1 aromatic heterocycles. The maximum atomic E-state index is 12.3. The number of ether oxygens (including phenoxy) is 2. The molecule has 8 nitrogen and oxygen atoms in total. The number of carbonyl (C=O) groups is 1. The Morgan fingerprint density at radius 3 is 3.08 bits per heavy atom. The number of amides is 1. The average molecular weight is 356 g/mol. The number of nitrogens with one attached hydrogen (secondary N) is 2. The maximum Gasteiger partial charge on any atom is 0.255 e. The maximum absolute atomic E-state index is 12.3. The second kappa shape index (κ2) is 6.80. The van der Waals surface area contributed by atoms with Gasteiger partial charge in [0.15, 0.2) is 11.5 Å². The van der Waals surface area contributed by atoms with Gasteiger partial charge in [0.1, 0.15) is 5.82 Å². The van der Waals surface area contributed by atoms with E-state index in [2.05, 4.69) is 15.3 Å². The summed E-state index contributed by atoms with van der Waals surface area (Å²) in [6, 6.07) is 5.61. The van der Waals surface area contributed by atoms with E-state index in [0.29, 0.717) is 43.2 Å². The lowest BCUT2D eigenvalue weighted by Crippen LogP contribution is -2.42. The van der Waals surface area contributed by atoms with Gasteiger partial charge in [0.25, 0.3) is 5.56 Å². The molecule has 0 aliphatic carbocycles. The van der Waals surface area contributed by atoms with Crippen molar-refractivity contribution in [1.82, 2.24) is 20.2 Å². The number of rotatable bonds is 4. The summed E-state index contributed by atoms with van der Waals surface area (Å²) in [5.74, 6) is 1.97. The monoisotopic (exact) mass is 356 g/mol. The molecule has 0 spiro atoms. The molecule has 2 N–H and O–H groups in total. The zero-order chi connectivity index (χ0) is 18.1. The van der Waals surface area contributed by atoms with Gasteiger partial charge < -0.3 is 19.8 Å². The summed E-state index contributed by atoms with van der Waals surface area (Å²) in [5.41, 5.74) is 2.33. The lowest BCUT2D eigenvalue weighted by atomic mass is 10.1. The molecule has 26 heavy (non-hydrogen) atoms. The lowest BCUT2D eigenvalue weighted by Gasteiger charge is -2.26. The van der Waals surface area contributed by atoms with E-state index in [-0.39, 0.29) is 24.8 Å². The standard InChI is InChI=1S/C18H20N4O4/c1-11-20-14-4-5-22(8-13(14)18(24)21-11)9-17(23)19-7-12-2-3-15-16(6-12)26-10-25-15/h2-3,6H,4-5,7-10H2,1H3,(H,19,23)(H,20,21,24). The van der Waals surface area contributed by atoms with Gasteiger partial charge in [-0.05, 0) is 24.6 Å². The van der Waals surface area contributed by atoms with Gasteiger partial charge in [-0.25, -0.2) is 4.98 Å². The van der Waals surface area contributed by atoms with Crippen LogP contribution in [0.1, 0.15) is 22.6 Å². The predicted molar refractivity (Wildman–Crippen MR) is 93.0 cm³/mol. The molecular formula is C18H20N4O4. The summed E-state index contributed by atoms with van der Waals surface area (Å²) in [6.45, 7) is 3.82. The first-order valence-corrected chi connectivity index (χ1v) is 8.55. The molecular weight excluding hydrogens is 336 g/mol. The Balaban J connectivity index is 1.33. The Labute approximate surface area is 150 Å². The van der Waals surface area contributed by atoms with Crippen LogP contribution in [0, 0.1) is 6.92 Å². The van der Waals surface area contributed by atoms with Crippen LogP contribution in [-0.2, 0) is 24.3 Å². The molecule has 0 radical (unpaired) electrons. The van der Waals surface area contributed by atoms with E-state index in [0.717, 1.165) is 17.0 Å². The van der Waals surface area contributed by atoms with E-state index in [1.807, 2.05) is 23.1 Å². The molecule has 2 aromatic rings. The lowest BCUT2D eigenvalue weighted by molar-refractivity contribution is -0.122. The highest BCUT2D eigenvalue weighted by molar-refractivity contribution is 5.78. The van der Waals surface area contributed by atoms with Crippen LogP contribution in [0.2, 0.25) is 0 Å². The van der Waals surface area contributed by atoms with E-state index in [4.69, 9.17) is 9.47 Å². The van der Waals surface area contributed by atoms with Crippen molar-refractivity contribution in [2.75, 3.05) is 19.9 Å². The van der Waals surface area contributed by atoms with Crippen LogP contribution in [0.3, 0.4) is 0 Å². The van der Waals surface area contributed by atoms with Crippen molar-refractivity contribution in [2.45, 2.75) is 26.4 Å². The first-order valence-electron chi connectivity index (χ1n) is 8.55. The van der Waals surface area contributed by atoms with E-state index < -0.39 is 0 Å². The number of fused-ring (bicyclic) bond motifs is 2. The van der Waals surface area contributed by atoms with Crippen molar-refractivity contribution in [3.63, 3.8) is 0 Å². The van der Waals surface area contributed by atoms with Crippen LogP contribution >= 0.6 is 0 Å². The molecule has 0 saturated heterocycles. The third-order valence-electron chi connectivity index (χ3n) is 4.56. The highest BCUT2D eigenvalue weighted by atomic mass is 16.7. The Morgan fingerprint density at radius 1 is 1.35 bits per heavy atom. The number of H-pyrrole nitrogens is 1. The second-order valence-corrected chi connectivity index (χ2v) is 6.50. The van der Waals surface area contributed by atoms with E-state index in [1.165, 1.54) is 0 Å². The number of hydrogen-bond acceptors (Lipinski definition) is 6. The molecule has 8 heteroatoms. The van der Waals surface area contributed by atoms with Gasteiger partial charge in [-0.3, -0.25) is 14.5 Å². The molecule has 3 heterocycles. The Hall–Kier alpha value is -2.87. The summed E-state index contributed by atoms with van der Waals surface area (Å²) in [6.07, 6.45) is 0.676. The number of aromatic amines is 1. The van der Waals surface area contributed by atoms with Crippen LogP contribution in [-0.4, -0.2) is 40.7 Å². The third-order valence-corrected chi connectivity index (χ3v) is 4.56. The largest absolute Gasteiger partial charge is 0.454 e. The van der Waals surface area contributed by atoms with Gasteiger partial charge in [0.05, 0.1) is 17.8 Å². The highest BCUT2D eigenvalue weighted by Gasteiger charge is 2.22. The molecule has 1 aromatic carbocycles. The Bertz CT molecular complexity index is 909. The second-order valence-electron chi connectivity index (χ2n) is 6.50. The SMILES string of the molecule is Cc1nc2c(c(=O)[nH]1)CN(CC(=O)NCc1ccc3c(c1)OCO3)CC2. The molecule has 2 aliphatic heterocycles. The molecule has 2 aliphatic rings. The van der Waals surface area contributed by atoms with Crippen LogP contribution in [0.15, 0.2) is 23.0 Å². The van der Waals surface area contributed by atoms with Crippen LogP contribution in [0.25, 0.3) is 0 Å². The van der Waals surface area contributed by atoms with Crippen LogP contribution in [0.4, 0.5) is 0 Å². The molecule has 136 valence electrons. The molecule has 0 fully saturated rings.